The van der Waals surface area contributed by atoms with Gasteiger partial charge in [0.2, 0.25) is 0 Å². The lowest BCUT2D eigenvalue weighted by molar-refractivity contribution is -0.122. The maximum absolute atomic E-state index is 12.7. The molecule has 1 N–H and O–H groups in total. The maximum Gasteiger partial charge on any atom is 0.293 e. The number of fused-ring (bicyclic) bond motifs is 1. The molecule has 0 radical (unpaired) electrons. The van der Waals surface area contributed by atoms with Gasteiger partial charge in [0, 0.05) is 12.7 Å². The van der Waals surface area contributed by atoms with Gasteiger partial charge in [0.1, 0.15) is 4.33 Å². The van der Waals surface area contributed by atoms with Gasteiger partial charge in [-0.15, -0.1) is 23.2 Å². The molecule has 3 heterocycles. The van der Waals surface area contributed by atoms with E-state index in [1.807, 2.05) is 12.1 Å². The van der Waals surface area contributed by atoms with Crippen LogP contribution in [0.2, 0.25) is 0 Å². The third-order valence-corrected chi connectivity index (χ3v) is 6.47. The highest BCUT2D eigenvalue weighted by molar-refractivity contribution is 8.18. The van der Waals surface area contributed by atoms with Crippen molar-refractivity contribution in [2.45, 2.75) is 30.0 Å². The summed E-state index contributed by atoms with van der Waals surface area (Å²) in [5.74, 6) is -0.233. The third-order valence-electron chi connectivity index (χ3n) is 4.65. The number of imidazole rings is 1. The molecule has 27 heavy (non-hydrogen) atoms. The van der Waals surface area contributed by atoms with E-state index in [9.17, 15) is 9.59 Å². The van der Waals surface area contributed by atoms with Crippen LogP contribution in [0.15, 0.2) is 35.1 Å². The van der Waals surface area contributed by atoms with Crippen molar-refractivity contribution in [3.63, 3.8) is 0 Å². The van der Waals surface area contributed by atoms with Gasteiger partial charge < -0.3 is 4.98 Å². The van der Waals surface area contributed by atoms with Crippen molar-refractivity contribution in [1.82, 2.24) is 19.9 Å². The lowest BCUT2D eigenvalue weighted by atomic mass is 9.93. The molecule has 0 spiro atoms. The van der Waals surface area contributed by atoms with Gasteiger partial charge in [-0.2, -0.15) is 0 Å². The average Bonchev–Trinajstić information content (AvgIpc) is 3.21. The van der Waals surface area contributed by atoms with Crippen molar-refractivity contribution in [1.29, 1.82) is 0 Å². The molecule has 0 aromatic carbocycles. The fourth-order valence-corrected chi connectivity index (χ4v) is 4.51. The first kappa shape index (κ1) is 18.5. The zero-order chi connectivity index (χ0) is 19.0. The number of allylic oxidation sites excluding steroid dienone is 1. The van der Waals surface area contributed by atoms with Crippen molar-refractivity contribution in [2.75, 3.05) is 6.54 Å². The highest BCUT2D eigenvalue weighted by atomic mass is 35.5. The lowest BCUT2D eigenvalue weighted by Gasteiger charge is -2.26. The molecule has 0 bridgehead atoms. The average molecular weight is 423 g/mol. The summed E-state index contributed by atoms with van der Waals surface area (Å²) in [5.41, 5.74) is 3.33. The second-order valence-corrected chi connectivity index (χ2v) is 9.12. The van der Waals surface area contributed by atoms with E-state index in [1.165, 1.54) is 4.90 Å². The number of hydrogen-bond acceptors (Lipinski definition) is 5. The minimum atomic E-state index is -0.730. The van der Waals surface area contributed by atoms with Crippen molar-refractivity contribution in [3.8, 4) is 0 Å². The first-order valence-corrected chi connectivity index (χ1v) is 10.1. The Hall–Kier alpha value is -1.83. The van der Waals surface area contributed by atoms with Crippen LogP contribution in [0.4, 0.5) is 4.79 Å². The number of nitrogens with zero attached hydrogens (tertiary/aromatic N) is 3. The van der Waals surface area contributed by atoms with E-state index < -0.39 is 4.33 Å². The molecule has 1 saturated heterocycles. The van der Waals surface area contributed by atoms with Crippen molar-refractivity contribution in [3.05, 3.63) is 40.7 Å². The summed E-state index contributed by atoms with van der Waals surface area (Å²) in [6.45, 7) is 0.220. The van der Waals surface area contributed by atoms with Gasteiger partial charge >= 0.3 is 0 Å². The van der Waals surface area contributed by atoms with Gasteiger partial charge in [0.05, 0.1) is 16.7 Å². The van der Waals surface area contributed by atoms with Gasteiger partial charge in [0.25, 0.3) is 11.1 Å². The molecule has 2 amide bonds. The summed E-state index contributed by atoms with van der Waals surface area (Å²) < 4.78 is -0.730. The summed E-state index contributed by atoms with van der Waals surface area (Å²) >= 11 is 13.3. The second-order valence-electron chi connectivity index (χ2n) is 6.52. The zero-order valence-electron chi connectivity index (χ0n) is 14.2. The van der Waals surface area contributed by atoms with Crippen LogP contribution < -0.4 is 0 Å². The van der Waals surface area contributed by atoms with Crippen LogP contribution in [0, 0.1) is 0 Å². The molecule has 0 atom stereocenters. The van der Waals surface area contributed by atoms with Gasteiger partial charge in [-0.25, -0.2) is 9.97 Å². The molecule has 1 aliphatic carbocycles. The van der Waals surface area contributed by atoms with Crippen LogP contribution in [0.1, 0.15) is 31.2 Å². The molecule has 2 aromatic heterocycles. The van der Waals surface area contributed by atoms with Gasteiger partial charge in [0.15, 0.2) is 5.65 Å². The van der Waals surface area contributed by atoms with Crippen LogP contribution in [0.5, 0.6) is 0 Å². The monoisotopic (exact) mass is 422 g/mol. The third kappa shape index (κ3) is 3.90. The van der Waals surface area contributed by atoms with Crippen LogP contribution in [0.25, 0.3) is 17.2 Å². The number of alkyl halides is 2. The molecular formula is C18H16Cl2N4O2S. The molecule has 0 unspecified atom stereocenters. The number of carbonyl (C=O) groups is 2. The fourth-order valence-electron chi connectivity index (χ4n) is 3.15. The molecular weight excluding hydrogens is 407 g/mol. The maximum atomic E-state index is 12.7. The molecule has 9 heteroatoms. The summed E-state index contributed by atoms with van der Waals surface area (Å²) in [5, 5.41) is -0.247. The van der Waals surface area contributed by atoms with E-state index in [4.69, 9.17) is 23.2 Å². The predicted molar refractivity (Wildman–Crippen MR) is 108 cm³/mol. The standard InChI is InChI=1S/C18H16Cl2N4O2S/c19-18(20)5-3-12(4-6-18)14-16(25)24(17(26)27-14)7-1-2-11-8-13-15(21-9-11)23-10-22-13/h1-2,8-10H,3-7H2,(H,21,22,23)/b2-1+. The summed E-state index contributed by atoms with van der Waals surface area (Å²) in [7, 11) is 0. The quantitative estimate of drug-likeness (QED) is 0.574. The number of nitrogens with one attached hydrogen (secondary N) is 1. The minimum Gasteiger partial charge on any atom is -0.343 e. The van der Waals surface area contributed by atoms with E-state index >= 15 is 0 Å². The highest BCUT2D eigenvalue weighted by Crippen LogP contribution is 2.44. The summed E-state index contributed by atoms with van der Waals surface area (Å²) in [6, 6.07) is 1.91. The molecule has 6 nitrogen and oxygen atoms in total. The minimum absolute atomic E-state index is 0.220. The Morgan fingerprint density at radius 3 is 2.81 bits per heavy atom. The molecule has 1 aliphatic heterocycles. The number of aromatic amines is 1. The molecule has 2 aliphatic rings. The number of rotatable bonds is 3. The lowest BCUT2D eigenvalue weighted by Crippen LogP contribution is -2.28. The van der Waals surface area contributed by atoms with E-state index in [-0.39, 0.29) is 17.7 Å². The molecule has 140 valence electrons. The number of amides is 2. The second kappa shape index (κ2) is 7.30. The topological polar surface area (TPSA) is 79.0 Å². The molecule has 4 rings (SSSR count). The Labute approximate surface area is 170 Å². The Balaban J connectivity index is 1.45. The normalized spacial score (nSPS) is 20.4. The number of thioether (sulfide) groups is 1. The number of halogens is 2. The van der Waals surface area contributed by atoms with E-state index in [1.54, 1.807) is 18.6 Å². The van der Waals surface area contributed by atoms with Gasteiger partial charge in [-0.1, -0.05) is 17.7 Å². The Morgan fingerprint density at radius 1 is 1.26 bits per heavy atom. The number of hydrogen-bond donors (Lipinski definition) is 1. The zero-order valence-corrected chi connectivity index (χ0v) is 16.6. The first-order valence-electron chi connectivity index (χ1n) is 8.52. The molecule has 1 saturated carbocycles. The predicted octanol–water partition coefficient (Wildman–Crippen LogP) is 4.67. The van der Waals surface area contributed by atoms with Crippen LogP contribution in [-0.2, 0) is 4.79 Å². The highest BCUT2D eigenvalue weighted by Gasteiger charge is 2.38. The number of pyridine rings is 1. The van der Waals surface area contributed by atoms with Crippen LogP contribution in [-0.4, -0.2) is 41.9 Å². The van der Waals surface area contributed by atoms with Gasteiger partial charge in [-0.05, 0) is 49.1 Å². The molecule has 2 aromatic rings. The Bertz CT molecular complexity index is 971. The fraction of sp³-hybridized carbons (Fsp3) is 0.333. The van der Waals surface area contributed by atoms with Crippen molar-refractivity contribution >= 4 is 63.4 Å². The Morgan fingerprint density at radius 2 is 2.04 bits per heavy atom. The smallest absolute Gasteiger partial charge is 0.293 e. The number of H-pyrrole nitrogens is 1. The van der Waals surface area contributed by atoms with Crippen molar-refractivity contribution < 1.29 is 9.59 Å². The molecule has 2 fully saturated rings. The van der Waals surface area contributed by atoms with E-state index in [2.05, 4.69) is 15.0 Å². The van der Waals surface area contributed by atoms with Crippen molar-refractivity contribution in [2.24, 2.45) is 0 Å². The number of aromatic nitrogens is 3. The summed E-state index contributed by atoms with van der Waals surface area (Å²) in [6.07, 6.45) is 9.39. The Kier molecular flexibility index (Phi) is 5.01. The largest absolute Gasteiger partial charge is 0.343 e. The first-order chi connectivity index (χ1) is 12.9. The van der Waals surface area contributed by atoms with Crippen LogP contribution in [0.3, 0.4) is 0 Å². The van der Waals surface area contributed by atoms with E-state index in [0.717, 1.165) is 28.4 Å². The SMILES string of the molecule is O=C1SC(=C2CCC(Cl)(Cl)CC2)C(=O)N1C/C=C/c1cnc2nc[nH]c2c1. The number of carbonyl (C=O) groups excluding carboxylic acids is 2. The summed E-state index contributed by atoms with van der Waals surface area (Å²) in [4.78, 5) is 38.0. The van der Waals surface area contributed by atoms with E-state index in [0.29, 0.717) is 36.2 Å². The van der Waals surface area contributed by atoms with Gasteiger partial charge in [-0.3, -0.25) is 14.5 Å². The number of imide groups is 1. The van der Waals surface area contributed by atoms with Crippen LogP contribution >= 0.6 is 35.0 Å².